The summed E-state index contributed by atoms with van der Waals surface area (Å²) in [4.78, 5) is 19.6. The smallest absolute Gasteiger partial charge is 0.278 e. The van der Waals surface area contributed by atoms with Gasteiger partial charge < -0.3 is 4.74 Å². The summed E-state index contributed by atoms with van der Waals surface area (Å²) < 4.78 is 7.00. The van der Waals surface area contributed by atoms with Crippen molar-refractivity contribution in [2.75, 3.05) is 7.11 Å². The average molecular weight is 449 g/mol. The number of rotatable bonds is 8. The number of carbonyl (C=O) groups is 1. The van der Waals surface area contributed by atoms with Gasteiger partial charge in [0.1, 0.15) is 11.4 Å². The number of ether oxygens (including phenoxy) is 1. The molecule has 0 bridgehead atoms. The molecule has 0 unspecified atom stereocenters. The van der Waals surface area contributed by atoms with Crippen LogP contribution in [0.3, 0.4) is 0 Å². The van der Waals surface area contributed by atoms with Crippen LogP contribution in [-0.2, 0) is 23.6 Å². The molecule has 0 N–H and O–H groups in total. The number of hydrogen-bond acceptors (Lipinski definition) is 7. The molecule has 0 radical (unpaired) electrons. The molecular formula is C23H24N6O2S. The zero-order valence-electron chi connectivity index (χ0n) is 18.0. The lowest BCUT2D eigenvalue weighted by atomic mass is 10.1. The lowest BCUT2D eigenvalue weighted by molar-refractivity contribution is -0.122. The Bertz CT molecular complexity index is 1120. The van der Waals surface area contributed by atoms with E-state index in [1.807, 2.05) is 54.6 Å². The van der Waals surface area contributed by atoms with Crippen molar-refractivity contribution >= 4 is 28.9 Å². The molecule has 0 spiro atoms. The maximum Gasteiger partial charge on any atom is 0.278 e. The summed E-state index contributed by atoms with van der Waals surface area (Å²) in [5.41, 5.74) is 2.33. The van der Waals surface area contributed by atoms with E-state index in [2.05, 4.69) is 27.4 Å². The van der Waals surface area contributed by atoms with Gasteiger partial charge in [0, 0.05) is 6.54 Å². The van der Waals surface area contributed by atoms with Crippen molar-refractivity contribution in [2.45, 2.75) is 32.2 Å². The molecule has 32 heavy (non-hydrogen) atoms. The van der Waals surface area contributed by atoms with Crippen LogP contribution in [0.5, 0.6) is 5.75 Å². The Hall–Kier alpha value is -3.46. The molecular weight excluding hydrogens is 424 g/mol. The van der Waals surface area contributed by atoms with E-state index in [9.17, 15) is 4.79 Å². The third kappa shape index (κ3) is 5.05. The number of thioether (sulfide) groups is 1. The first-order valence-electron chi connectivity index (χ1n) is 10.4. The van der Waals surface area contributed by atoms with Gasteiger partial charge in [-0.05, 0) is 46.2 Å². The molecule has 164 valence electrons. The third-order valence-electron chi connectivity index (χ3n) is 4.89. The monoisotopic (exact) mass is 448 g/mol. The van der Waals surface area contributed by atoms with Gasteiger partial charge >= 0.3 is 0 Å². The van der Waals surface area contributed by atoms with Gasteiger partial charge in [-0.25, -0.2) is 9.67 Å². The minimum Gasteiger partial charge on any atom is -0.497 e. The Morgan fingerprint density at radius 3 is 2.59 bits per heavy atom. The number of tetrazole rings is 1. The van der Waals surface area contributed by atoms with Crippen molar-refractivity contribution in [3.8, 4) is 5.75 Å². The minimum atomic E-state index is -0.125. The van der Waals surface area contributed by atoms with E-state index in [0.717, 1.165) is 35.7 Å². The van der Waals surface area contributed by atoms with Crippen LogP contribution < -0.4 is 4.74 Å². The van der Waals surface area contributed by atoms with Gasteiger partial charge in [0.15, 0.2) is 11.0 Å². The minimum absolute atomic E-state index is 0.125. The second-order valence-electron chi connectivity index (χ2n) is 7.18. The first kappa shape index (κ1) is 21.8. The van der Waals surface area contributed by atoms with Crippen LogP contribution >= 0.6 is 11.8 Å². The standard InChI is InChI=1S/C23H24N6O2S/c1-3-13-29-21(25-26-27-29)16-32-23-24-20(14-17-9-11-19(31-2)12-10-17)22(30)28(23)15-18-7-5-4-6-8-18/h4-12,14H,3,13,15-16H2,1-2H3/b20-14-. The normalized spacial score (nSPS) is 14.8. The Morgan fingerprint density at radius 2 is 1.88 bits per heavy atom. The molecule has 1 aliphatic heterocycles. The number of aryl methyl sites for hydroxylation is 1. The second-order valence-corrected chi connectivity index (χ2v) is 8.12. The van der Waals surface area contributed by atoms with E-state index in [1.165, 1.54) is 11.8 Å². The van der Waals surface area contributed by atoms with Crippen LogP contribution in [0.1, 0.15) is 30.3 Å². The van der Waals surface area contributed by atoms with Crippen molar-refractivity contribution < 1.29 is 9.53 Å². The van der Waals surface area contributed by atoms with E-state index >= 15 is 0 Å². The number of methoxy groups -OCH3 is 1. The molecule has 1 aromatic heterocycles. The number of aromatic nitrogens is 4. The second kappa shape index (κ2) is 10.2. The number of amides is 1. The van der Waals surface area contributed by atoms with Crippen LogP contribution in [0.4, 0.5) is 0 Å². The Morgan fingerprint density at radius 1 is 1.09 bits per heavy atom. The summed E-state index contributed by atoms with van der Waals surface area (Å²) >= 11 is 1.46. The molecule has 3 aromatic rings. The molecule has 2 heterocycles. The average Bonchev–Trinajstić information content (AvgIpc) is 3.38. The summed E-state index contributed by atoms with van der Waals surface area (Å²) in [6, 6.07) is 17.4. The largest absolute Gasteiger partial charge is 0.497 e. The molecule has 4 rings (SSSR count). The lowest BCUT2D eigenvalue weighted by Gasteiger charge is -2.17. The Kier molecular flexibility index (Phi) is 6.96. The number of benzene rings is 2. The maximum absolute atomic E-state index is 13.2. The van der Waals surface area contributed by atoms with Crippen LogP contribution in [0, 0.1) is 0 Å². The van der Waals surface area contributed by atoms with Crippen molar-refractivity contribution in [2.24, 2.45) is 4.99 Å². The highest BCUT2D eigenvalue weighted by atomic mass is 32.2. The molecule has 0 atom stereocenters. The Labute approximate surface area is 191 Å². The van der Waals surface area contributed by atoms with Crippen molar-refractivity contribution in [3.05, 3.63) is 77.2 Å². The molecule has 1 aliphatic rings. The summed E-state index contributed by atoms with van der Waals surface area (Å²) in [5.74, 6) is 1.93. The number of carbonyl (C=O) groups excluding carboxylic acids is 1. The van der Waals surface area contributed by atoms with Crippen LogP contribution in [-0.4, -0.2) is 43.3 Å². The molecule has 0 aliphatic carbocycles. The first-order chi connectivity index (χ1) is 15.7. The SMILES string of the molecule is CCCn1nnnc1CSC1=N/C(=C\c2ccc(OC)cc2)C(=O)N1Cc1ccccc1. The van der Waals surface area contributed by atoms with Gasteiger partial charge in [0.2, 0.25) is 0 Å². The van der Waals surface area contributed by atoms with Gasteiger partial charge in [-0.1, -0.05) is 61.2 Å². The van der Waals surface area contributed by atoms with Crippen molar-refractivity contribution in [1.82, 2.24) is 25.1 Å². The zero-order valence-corrected chi connectivity index (χ0v) is 18.8. The van der Waals surface area contributed by atoms with E-state index < -0.39 is 0 Å². The van der Waals surface area contributed by atoms with Crippen LogP contribution in [0.2, 0.25) is 0 Å². The quantitative estimate of drug-likeness (QED) is 0.488. The molecule has 8 nitrogen and oxygen atoms in total. The number of amidine groups is 1. The van der Waals surface area contributed by atoms with Crippen molar-refractivity contribution in [3.63, 3.8) is 0 Å². The van der Waals surface area contributed by atoms with Gasteiger partial charge in [0.25, 0.3) is 5.91 Å². The number of nitrogens with zero attached hydrogens (tertiary/aromatic N) is 6. The zero-order chi connectivity index (χ0) is 22.3. The predicted octanol–water partition coefficient (Wildman–Crippen LogP) is 3.76. The van der Waals surface area contributed by atoms with Gasteiger partial charge in [-0.2, -0.15) is 0 Å². The highest BCUT2D eigenvalue weighted by Crippen LogP contribution is 2.27. The molecule has 0 saturated heterocycles. The molecule has 0 saturated carbocycles. The number of aliphatic imine (C=N–C) groups is 1. The van der Waals surface area contributed by atoms with Gasteiger partial charge in [-0.15, -0.1) is 5.10 Å². The lowest BCUT2D eigenvalue weighted by Crippen LogP contribution is -2.30. The number of hydrogen-bond donors (Lipinski definition) is 0. The van der Waals surface area contributed by atoms with E-state index in [4.69, 9.17) is 4.74 Å². The van der Waals surface area contributed by atoms with E-state index in [-0.39, 0.29) is 5.91 Å². The molecule has 9 heteroatoms. The van der Waals surface area contributed by atoms with Crippen LogP contribution in [0.15, 0.2) is 65.3 Å². The first-order valence-corrected chi connectivity index (χ1v) is 11.3. The maximum atomic E-state index is 13.2. The predicted molar refractivity (Wildman–Crippen MR) is 125 cm³/mol. The fourth-order valence-corrected chi connectivity index (χ4v) is 4.18. The summed E-state index contributed by atoms with van der Waals surface area (Å²) in [7, 11) is 1.63. The van der Waals surface area contributed by atoms with Gasteiger partial charge in [-0.3, -0.25) is 9.69 Å². The topological polar surface area (TPSA) is 85.5 Å². The summed E-state index contributed by atoms with van der Waals surface area (Å²) in [5, 5.41) is 12.6. The highest BCUT2D eigenvalue weighted by Gasteiger charge is 2.31. The molecule has 0 fully saturated rings. The molecule has 2 aromatic carbocycles. The van der Waals surface area contributed by atoms with Crippen molar-refractivity contribution in [1.29, 1.82) is 0 Å². The highest BCUT2D eigenvalue weighted by molar-refractivity contribution is 8.13. The van der Waals surface area contributed by atoms with Gasteiger partial charge in [0.05, 0.1) is 19.4 Å². The fraction of sp³-hybridized carbons (Fsp3) is 0.261. The van der Waals surface area contributed by atoms with E-state index in [1.54, 1.807) is 22.8 Å². The summed E-state index contributed by atoms with van der Waals surface area (Å²) in [6.07, 6.45) is 2.74. The molecule has 1 amide bonds. The third-order valence-corrected chi connectivity index (χ3v) is 5.86. The Balaban J connectivity index is 1.58. The van der Waals surface area contributed by atoms with Crippen LogP contribution in [0.25, 0.3) is 6.08 Å². The summed E-state index contributed by atoms with van der Waals surface area (Å²) in [6.45, 7) is 3.28. The fourth-order valence-electron chi connectivity index (χ4n) is 3.25. The van der Waals surface area contributed by atoms with E-state index in [0.29, 0.717) is 23.2 Å².